The molecule has 1 N–H and O–H groups in total. The molecule has 0 saturated carbocycles. The van der Waals surface area contributed by atoms with E-state index in [4.69, 9.17) is 4.74 Å². The Morgan fingerprint density at radius 3 is 2.78 bits per heavy atom. The first kappa shape index (κ1) is 13.3. The zero-order chi connectivity index (χ0) is 13.3. The molecule has 5 heteroatoms. The second-order valence-corrected chi connectivity index (χ2v) is 5.50. The number of rotatable bonds is 2. The number of carbonyl (C=O) groups is 1. The van der Waals surface area contributed by atoms with E-state index in [0.29, 0.717) is 30.4 Å². The molecule has 2 heterocycles. The Hall–Kier alpha value is -1.10. The molecule has 2 aliphatic rings. The lowest BCUT2D eigenvalue weighted by Gasteiger charge is -2.36. The van der Waals surface area contributed by atoms with Crippen molar-refractivity contribution in [1.29, 1.82) is 0 Å². The van der Waals surface area contributed by atoms with Gasteiger partial charge >= 0.3 is 0 Å². The summed E-state index contributed by atoms with van der Waals surface area (Å²) in [5, 5.41) is 2.85. The van der Waals surface area contributed by atoms with Gasteiger partial charge in [0.05, 0.1) is 13.7 Å². The van der Waals surface area contributed by atoms with Crippen LogP contribution in [-0.4, -0.2) is 48.6 Å². The zero-order valence-electron chi connectivity index (χ0n) is 11.6. The van der Waals surface area contributed by atoms with Crippen molar-refractivity contribution in [3.63, 3.8) is 0 Å². The van der Waals surface area contributed by atoms with E-state index in [1.54, 1.807) is 7.11 Å². The largest absolute Gasteiger partial charge is 0.483 e. The average molecular weight is 253 g/mol. The van der Waals surface area contributed by atoms with Gasteiger partial charge in [-0.05, 0) is 25.7 Å². The number of nitrogens with zero attached hydrogens (tertiary/aromatic N) is 2. The van der Waals surface area contributed by atoms with Crippen LogP contribution < -0.4 is 5.32 Å². The smallest absolute Gasteiger partial charge is 0.260 e. The van der Waals surface area contributed by atoms with E-state index in [1.807, 2.05) is 0 Å². The highest BCUT2D eigenvalue weighted by Crippen LogP contribution is 2.31. The lowest BCUT2D eigenvalue weighted by molar-refractivity contribution is -0.128. The number of nitrogens with one attached hydrogen (secondary N) is 1. The average Bonchev–Trinajstić information content (AvgIpc) is 2.72. The lowest BCUT2D eigenvalue weighted by Crippen LogP contribution is -2.55. The fourth-order valence-corrected chi connectivity index (χ4v) is 2.96. The first-order chi connectivity index (χ1) is 8.54. The van der Waals surface area contributed by atoms with Gasteiger partial charge in [0.2, 0.25) is 5.90 Å². The molecule has 0 bridgehead atoms. The fourth-order valence-electron chi connectivity index (χ4n) is 2.96. The number of carbonyl (C=O) groups excluding carboxylic acids is 1. The molecule has 1 amide bonds. The predicted octanol–water partition coefficient (Wildman–Crippen LogP) is 0.996. The minimum absolute atomic E-state index is 0.00444. The third-order valence-electron chi connectivity index (χ3n) is 3.97. The van der Waals surface area contributed by atoms with E-state index in [9.17, 15) is 4.79 Å². The Morgan fingerprint density at radius 1 is 1.44 bits per heavy atom. The first-order valence-electron chi connectivity index (χ1n) is 6.70. The van der Waals surface area contributed by atoms with E-state index in [0.717, 1.165) is 12.8 Å². The number of aliphatic imine (C=N–C) groups is 1. The summed E-state index contributed by atoms with van der Waals surface area (Å²) in [6.07, 6.45) is 1.85. The Kier molecular flexibility index (Phi) is 3.90. The molecule has 3 atom stereocenters. The molecule has 1 saturated heterocycles. The van der Waals surface area contributed by atoms with Crippen molar-refractivity contribution in [2.24, 2.45) is 10.9 Å². The number of methoxy groups -OCH3 is 1. The third kappa shape index (κ3) is 2.36. The fraction of sp³-hybridized carbons (Fsp3) is 0.846. The van der Waals surface area contributed by atoms with Crippen LogP contribution in [0.25, 0.3) is 0 Å². The summed E-state index contributed by atoms with van der Waals surface area (Å²) in [5.74, 6) is 1.14. The van der Waals surface area contributed by atoms with Gasteiger partial charge in [0.15, 0.2) is 6.17 Å². The maximum atomic E-state index is 12.0. The Bertz CT molecular complexity index is 354. The van der Waals surface area contributed by atoms with E-state index < -0.39 is 6.17 Å². The van der Waals surface area contributed by atoms with Crippen LogP contribution in [-0.2, 0) is 9.53 Å². The van der Waals surface area contributed by atoms with Gasteiger partial charge in [-0.2, -0.15) is 0 Å². The predicted molar refractivity (Wildman–Crippen MR) is 70.4 cm³/mol. The molecule has 2 rings (SSSR count). The number of hydrogen-bond donors (Lipinski definition) is 1. The first-order valence-corrected chi connectivity index (χ1v) is 6.70. The SMILES string of the molecule is COC1=N[C@H](N2C(C(C)C)CC[C@H]2C)C(=O)NC1. The van der Waals surface area contributed by atoms with Crippen molar-refractivity contribution < 1.29 is 9.53 Å². The van der Waals surface area contributed by atoms with Crippen LogP contribution in [0.1, 0.15) is 33.6 Å². The molecule has 0 aromatic carbocycles. The highest BCUT2D eigenvalue weighted by molar-refractivity contribution is 5.93. The van der Waals surface area contributed by atoms with Crippen molar-refractivity contribution in [2.45, 2.75) is 51.9 Å². The summed E-state index contributed by atoms with van der Waals surface area (Å²) in [4.78, 5) is 18.7. The van der Waals surface area contributed by atoms with Crippen molar-refractivity contribution >= 4 is 11.8 Å². The molecule has 0 aromatic heterocycles. The molecule has 0 aromatic rings. The van der Waals surface area contributed by atoms with Crippen LogP contribution in [0.2, 0.25) is 0 Å². The van der Waals surface area contributed by atoms with Gasteiger partial charge in [-0.15, -0.1) is 0 Å². The molecule has 2 aliphatic heterocycles. The van der Waals surface area contributed by atoms with Gasteiger partial charge in [0, 0.05) is 12.1 Å². The molecule has 1 fully saturated rings. The number of hydrogen-bond acceptors (Lipinski definition) is 4. The van der Waals surface area contributed by atoms with Crippen LogP contribution >= 0.6 is 0 Å². The van der Waals surface area contributed by atoms with Crippen LogP contribution in [0.3, 0.4) is 0 Å². The summed E-state index contributed by atoms with van der Waals surface area (Å²) in [6.45, 7) is 6.99. The molecule has 18 heavy (non-hydrogen) atoms. The monoisotopic (exact) mass is 253 g/mol. The van der Waals surface area contributed by atoms with Crippen LogP contribution in [0, 0.1) is 5.92 Å². The van der Waals surface area contributed by atoms with Crippen LogP contribution in [0.4, 0.5) is 0 Å². The van der Waals surface area contributed by atoms with Gasteiger partial charge in [-0.1, -0.05) is 13.8 Å². The molecule has 0 aliphatic carbocycles. The molecular formula is C13H23N3O2. The van der Waals surface area contributed by atoms with Gasteiger partial charge in [0.25, 0.3) is 5.91 Å². The molecular weight excluding hydrogens is 230 g/mol. The summed E-state index contributed by atoms with van der Waals surface area (Å²) < 4.78 is 5.17. The summed E-state index contributed by atoms with van der Waals surface area (Å²) >= 11 is 0. The van der Waals surface area contributed by atoms with Crippen molar-refractivity contribution in [1.82, 2.24) is 10.2 Å². The quantitative estimate of drug-likeness (QED) is 0.798. The minimum Gasteiger partial charge on any atom is -0.483 e. The van der Waals surface area contributed by atoms with E-state index >= 15 is 0 Å². The minimum atomic E-state index is -0.418. The molecule has 1 unspecified atom stereocenters. The van der Waals surface area contributed by atoms with Crippen molar-refractivity contribution in [3.05, 3.63) is 0 Å². The number of likely N-dealkylation sites (tertiary alicyclic amines) is 1. The lowest BCUT2D eigenvalue weighted by atomic mass is 10.0. The topological polar surface area (TPSA) is 53.9 Å². The number of amides is 1. The van der Waals surface area contributed by atoms with E-state index in [-0.39, 0.29) is 5.91 Å². The molecule has 0 radical (unpaired) electrons. The second-order valence-electron chi connectivity index (χ2n) is 5.50. The zero-order valence-corrected chi connectivity index (χ0v) is 11.6. The molecule has 5 nitrogen and oxygen atoms in total. The Labute approximate surface area is 109 Å². The van der Waals surface area contributed by atoms with Crippen molar-refractivity contribution in [3.8, 4) is 0 Å². The second kappa shape index (κ2) is 5.26. The van der Waals surface area contributed by atoms with Gasteiger partial charge in [0.1, 0.15) is 0 Å². The highest BCUT2D eigenvalue weighted by atomic mass is 16.5. The summed E-state index contributed by atoms with van der Waals surface area (Å²) in [5.41, 5.74) is 0. The van der Waals surface area contributed by atoms with Crippen molar-refractivity contribution in [2.75, 3.05) is 13.7 Å². The Morgan fingerprint density at radius 2 is 2.17 bits per heavy atom. The van der Waals surface area contributed by atoms with Gasteiger partial charge in [-0.25, -0.2) is 4.99 Å². The normalized spacial score (nSPS) is 33.5. The number of ether oxygens (including phenoxy) is 1. The van der Waals surface area contributed by atoms with Gasteiger partial charge < -0.3 is 10.1 Å². The van der Waals surface area contributed by atoms with E-state index in [1.165, 1.54) is 0 Å². The van der Waals surface area contributed by atoms with Crippen LogP contribution in [0.5, 0.6) is 0 Å². The molecule has 0 spiro atoms. The summed E-state index contributed by atoms with van der Waals surface area (Å²) in [6, 6.07) is 0.823. The third-order valence-corrected chi connectivity index (χ3v) is 3.97. The standard InChI is InChI=1S/C13H23N3O2/c1-8(2)10-6-5-9(3)16(10)12-13(17)14-7-11(15-12)18-4/h8-10,12H,5-7H2,1-4H3,(H,14,17)/t9-,10?,12-/m1/s1. The Balaban J connectivity index is 2.24. The molecule has 102 valence electrons. The van der Waals surface area contributed by atoms with E-state index in [2.05, 4.69) is 36.0 Å². The highest BCUT2D eigenvalue weighted by Gasteiger charge is 2.41. The van der Waals surface area contributed by atoms with Gasteiger partial charge in [-0.3, -0.25) is 9.69 Å². The maximum Gasteiger partial charge on any atom is 0.260 e. The summed E-state index contributed by atoms with van der Waals surface area (Å²) in [7, 11) is 1.60. The maximum absolute atomic E-state index is 12.0. The van der Waals surface area contributed by atoms with Crippen LogP contribution in [0.15, 0.2) is 4.99 Å².